The van der Waals surface area contributed by atoms with Gasteiger partial charge in [-0.15, -0.1) is 0 Å². The highest BCUT2D eigenvalue weighted by Crippen LogP contribution is 2.54. The minimum absolute atomic E-state index is 0.427. The molecule has 0 spiro atoms. The molecule has 0 aliphatic heterocycles. The van der Waals surface area contributed by atoms with Crippen molar-refractivity contribution in [1.82, 2.24) is 0 Å². The first-order valence-corrected chi connectivity index (χ1v) is 5.16. The van der Waals surface area contributed by atoms with Gasteiger partial charge in [-0.2, -0.15) is 0 Å². The molecular weight excluding hydrogens is 131 g/mol. The van der Waals surface area contributed by atoms with Crippen molar-refractivity contribution in [1.29, 1.82) is 0 Å². The molecule has 7 heavy (non-hydrogen) atoms. The van der Waals surface area contributed by atoms with Crippen molar-refractivity contribution in [2.45, 2.75) is 13.3 Å². The van der Waals surface area contributed by atoms with Gasteiger partial charge in [0.25, 0.3) is 0 Å². The van der Waals surface area contributed by atoms with Crippen LogP contribution in [0.2, 0.25) is 0 Å². The Hall–Kier alpha value is 0.700. The van der Waals surface area contributed by atoms with Crippen molar-refractivity contribution in [3.05, 3.63) is 0 Å². The van der Waals surface area contributed by atoms with Gasteiger partial charge in [-0.1, -0.05) is 6.92 Å². The summed E-state index contributed by atoms with van der Waals surface area (Å²) >= 11 is 3.56. The van der Waals surface area contributed by atoms with E-state index in [0.29, 0.717) is 6.16 Å². The van der Waals surface area contributed by atoms with E-state index in [2.05, 4.69) is 12.2 Å². The molecule has 0 bridgehead atoms. The molecule has 0 aliphatic rings. The lowest BCUT2D eigenvalue weighted by molar-refractivity contribution is 0.474. The van der Waals surface area contributed by atoms with E-state index in [1.165, 1.54) is 0 Å². The first kappa shape index (κ1) is 7.70. The molecule has 0 heterocycles. The zero-order valence-electron chi connectivity index (χ0n) is 4.20. The summed E-state index contributed by atoms with van der Waals surface area (Å²) in [5.41, 5.74) is 0. The highest BCUT2D eigenvalue weighted by molar-refractivity contribution is 8.48. The normalized spacial score (nSPS) is 12.0. The molecule has 0 aromatic heterocycles. The molecule has 0 rings (SSSR count). The van der Waals surface area contributed by atoms with Gasteiger partial charge in [-0.25, -0.2) is 9.79 Å². The fraction of sp³-hybridized carbons (Fsp3) is 1.00. The summed E-state index contributed by atoms with van der Waals surface area (Å²) < 4.78 is 0. The van der Waals surface area contributed by atoms with E-state index in [4.69, 9.17) is 9.79 Å². The Kier molecular flexibility index (Phi) is 3.16. The first-order valence-electron chi connectivity index (χ1n) is 2.12. The molecule has 0 aliphatic carbocycles. The summed E-state index contributed by atoms with van der Waals surface area (Å²) in [5.74, 6) is 0. The van der Waals surface area contributed by atoms with Gasteiger partial charge in [0.05, 0.1) is 12.2 Å². The van der Waals surface area contributed by atoms with Gasteiger partial charge in [0.1, 0.15) is 6.16 Å². The van der Waals surface area contributed by atoms with Crippen LogP contribution in [0.15, 0.2) is 0 Å². The van der Waals surface area contributed by atoms with Crippen LogP contribution in [0.3, 0.4) is 0 Å². The third-order valence-corrected chi connectivity index (χ3v) is 2.17. The van der Waals surface area contributed by atoms with Gasteiger partial charge >= 0.3 is 6.92 Å². The molecule has 0 saturated heterocycles. The zero-order valence-corrected chi connectivity index (χ0v) is 5.99. The SMILES string of the molecule is CCC[P+](O)(O)S. The second-order valence-corrected chi connectivity index (χ2v) is 5.17. The Morgan fingerprint density at radius 2 is 2.00 bits per heavy atom. The van der Waals surface area contributed by atoms with Crippen LogP contribution in [0.1, 0.15) is 13.3 Å². The summed E-state index contributed by atoms with van der Waals surface area (Å²) in [7, 11) is 0. The summed E-state index contributed by atoms with van der Waals surface area (Å²) in [6.07, 6.45) is 1.21. The number of thiol groups is 1. The predicted octanol–water partition coefficient (Wildman–Crippen LogP) is 1.07. The summed E-state index contributed by atoms with van der Waals surface area (Å²) in [6.45, 7) is -0.835. The van der Waals surface area contributed by atoms with E-state index in [-0.39, 0.29) is 0 Å². The zero-order chi connectivity index (χ0) is 5.91. The molecule has 0 aromatic rings. The quantitative estimate of drug-likeness (QED) is 0.397. The Bertz CT molecular complexity index is 51.4. The molecule has 2 N–H and O–H groups in total. The van der Waals surface area contributed by atoms with E-state index in [1.54, 1.807) is 0 Å². The standard InChI is InChI=1S/C3H10O2PS/c1-2-3-6(4,5)7/h4-5,7H,2-3H2,1H3/q+1. The first-order chi connectivity index (χ1) is 3.06. The molecule has 0 saturated carbocycles. The van der Waals surface area contributed by atoms with Crippen molar-refractivity contribution in [2.24, 2.45) is 0 Å². The topological polar surface area (TPSA) is 40.5 Å². The molecule has 0 radical (unpaired) electrons. The highest BCUT2D eigenvalue weighted by atomic mass is 32.7. The van der Waals surface area contributed by atoms with Gasteiger partial charge in [-0.3, -0.25) is 0 Å². The minimum atomic E-state index is -2.72. The smallest absolute Gasteiger partial charge is 0.208 e. The van der Waals surface area contributed by atoms with Crippen LogP contribution in [0.5, 0.6) is 0 Å². The molecule has 0 fully saturated rings. The van der Waals surface area contributed by atoms with E-state index < -0.39 is 6.92 Å². The second kappa shape index (κ2) is 2.88. The molecule has 0 atom stereocenters. The maximum atomic E-state index is 8.55. The number of hydrogen-bond donors (Lipinski definition) is 3. The molecule has 0 amide bonds. The van der Waals surface area contributed by atoms with Crippen molar-refractivity contribution in [3.63, 3.8) is 0 Å². The summed E-state index contributed by atoms with van der Waals surface area (Å²) in [5, 5.41) is 0. The average molecular weight is 141 g/mol. The monoisotopic (exact) mass is 141 g/mol. The van der Waals surface area contributed by atoms with Crippen LogP contribution in [0, 0.1) is 0 Å². The van der Waals surface area contributed by atoms with E-state index in [0.717, 1.165) is 6.42 Å². The molecule has 0 unspecified atom stereocenters. The average Bonchev–Trinajstić information content (AvgIpc) is 1.30. The molecule has 4 heteroatoms. The van der Waals surface area contributed by atoms with Crippen LogP contribution < -0.4 is 0 Å². The van der Waals surface area contributed by atoms with Crippen molar-refractivity contribution in [3.8, 4) is 0 Å². The van der Waals surface area contributed by atoms with Crippen LogP contribution in [-0.2, 0) is 0 Å². The van der Waals surface area contributed by atoms with Gasteiger partial charge in [-0.05, 0) is 6.42 Å². The van der Waals surface area contributed by atoms with Crippen LogP contribution >= 0.6 is 19.2 Å². The Labute approximate surface area is 49.2 Å². The van der Waals surface area contributed by atoms with Crippen molar-refractivity contribution < 1.29 is 9.79 Å². The van der Waals surface area contributed by atoms with Crippen LogP contribution in [-0.4, -0.2) is 15.9 Å². The van der Waals surface area contributed by atoms with Gasteiger partial charge in [0, 0.05) is 0 Å². The number of rotatable bonds is 2. The second-order valence-electron chi connectivity index (χ2n) is 1.42. The maximum Gasteiger partial charge on any atom is 0.323 e. The predicted molar refractivity (Wildman–Crippen MR) is 35.5 cm³/mol. The Balaban J connectivity index is 3.15. The lowest BCUT2D eigenvalue weighted by Crippen LogP contribution is -1.85. The van der Waals surface area contributed by atoms with E-state index >= 15 is 0 Å². The minimum Gasteiger partial charge on any atom is -0.208 e. The van der Waals surface area contributed by atoms with Crippen LogP contribution in [0.25, 0.3) is 0 Å². The molecule has 2 nitrogen and oxygen atoms in total. The van der Waals surface area contributed by atoms with E-state index in [9.17, 15) is 0 Å². The van der Waals surface area contributed by atoms with Crippen LogP contribution in [0.4, 0.5) is 0 Å². The fourth-order valence-corrected chi connectivity index (χ4v) is 1.50. The van der Waals surface area contributed by atoms with Gasteiger partial charge < -0.3 is 0 Å². The molecule has 0 aromatic carbocycles. The van der Waals surface area contributed by atoms with Gasteiger partial charge in [0.2, 0.25) is 0 Å². The molecule has 44 valence electrons. The lowest BCUT2D eigenvalue weighted by Gasteiger charge is -1.99. The Morgan fingerprint density at radius 3 is 2.00 bits per heavy atom. The van der Waals surface area contributed by atoms with E-state index in [1.807, 2.05) is 6.92 Å². The van der Waals surface area contributed by atoms with Crippen molar-refractivity contribution >= 4 is 19.2 Å². The summed E-state index contributed by atoms with van der Waals surface area (Å²) in [4.78, 5) is 17.1. The van der Waals surface area contributed by atoms with Crippen molar-refractivity contribution in [2.75, 3.05) is 6.16 Å². The third-order valence-electron chi connectivity index (χ3n) is 0.524. The maximum absolute atomic E-state index is 8.55. The number of hydrogen-bond acceptors (Lipinski definition) is 3. The summed E-state index contributed by atoms with van der Waals surface area (Å²) in [6, 6.07) is 0. The third kappa shape index (κ3) is 6.70. The fourth-order valence-electron chi connectivity index (χ4n) is 0.300. The van der Waals surface area contributed by atoms with Gasteiger partial charge in [0.15, 0.2) is 0 Å². The lowest BCUT2D eigenvalue weighted by atomic mass is 10.6. The molecular formula is C3H10O2PS+. The highest BCUT2D eigenvalue weighted by Gasteiger charge is 2.24. The largest absolute Gasteiger partial charge is 0.323 e. The Morgan fingerprint density at radius 1 is 1.57 bits per heavy atom.